The third-order valence-corrected chi connectivity index (χ3v) is 4.05. The van der Waals surface area contributed by atoms with Crippen LogP contribution in [0.25, 0.3) is 11.5 Å². The molecule has 3 aromatic rings. The third-order valence-electron chi connectivity index (χ3n) is 2.99. The summed E-state index contributed by atoms with van der Waals surface area (Å²) in [4.78, 5) is 21.5. The van der Waals surface area contributed by atoms with E-state index in [2.05, 4.69) is 25.5 Å². The first-order valence-electron chi connectivity index (χ1n) is 6.42. The molecule has 0 fully saturated rings. The van der Waals surface area contributed by atoms with Crippen molar-refractivity contribution in [3.05, 3.63) is 46.8 Å². The lowest BCUT2D eigenvalue weighted by Crippen LogP contribution is -2.18. The van der Waals surface area contributed by atoms with E-state index in [1.54, 1.807) is 17.5 Å². The number of nitrogens with one attached hydrogen (secondary N) is 2. The number of amides is 1. The topological polar surface area (TPSA) is 83.6 Å². The molecular weight excluding hydrogens is 286 g/mol. The van der Waals surface area contributed by atoms with Gasteiger partial charge in [0.15, 0.2) is 5.82 Å². The average molecular weight is 299 g/mol. The molecule has 0 spiro atoms. The average Bonchev–Trinajstić information content (AvgIpc) is 3.19. The van der Waals surface area contributed by atoms with Gasteiger partial charge in [0.05, 0.1) is 5.92 Å². The van der Waals surface area contributed by atoms with Crippen molar-refractivity contribution >= 4 is 23.2 Å². The quantitative estimate of drug-likeness (QED) is 0.775. The minimum atomic E-state index is -0.234. The van der Waals surface area contributed by atoms with Gasteiger partial charge in [0.1, 0.15) is 5.69 Å². The molecule has 3 aromatic heterocycles. The van der Waals surface area contributed by atoms with Crippen molar-refractivity contribution < 1.29 is 4.79 Å². The number of carbonyl (C=O) groups excluding carboxylic acids is 1. The largest absolute Gasteiger partial charge is 0.293 e. The maximum Gasteiger partial charge on any atom is 0.249 e. The van der Waals surface area contributed by atoms with E-state index in [1.165, 1.54) is 0 Å². The number of hydrogen-bond donors (Lipinski definition) is 2. The molecule has 0 bridgehead atoms. The first-order chi connectivity index (χ1) is 10.2. The minimum Gasteiger partial charge on any atom is -0.293 e. The molecule has 0 aliphatic carbocycles. The van der Waals surface area contributed by atoms with Crippen LogP contribution in [-0.2, 0) is 4.79 Å². The zero-order chi connectivity index (χ0) is 14.7. The van der Waals surface area contributed by atoms with Crippen LogP contribution in [0.4, 0.5) is 5.95 Å². The number of anilines is 1. The van der Waals surface area contributed by atoms with E-state index in [4.69, 9.17) is 0 Å². The smallest absolute Gasteiger partial charge is 0.249 e. The predicted octanol–water partition coefficient (Wildman–Crippen LogP) is 2.67. The molecule has 0 saturated carbocycles. The maximum atomic E-state index is 12.1. The number of pyridine rings is 1. The number of H-pyrrole nitrogens is 1. The van der Waals surface area contributed by atoms with Gasteiger partial charge in [-0.25, -0.2) is 0 Å². The van der Waals surface area contributed by atoms with Gasteiger partial charge in [-0.1, -0.05) is 12.1 Å². The molecule has 21 heavy (non-hydrogen) atoms. The summed E-state index contributed by atoms with van der Waals surface area (Å²) in [6.07, 6.45) is 1.68. The van der Waals surface area contributed by atoms with E-state index < -0.39 is 0 Å². The second kappa shape index (κ2) is 5.84. The monoisotopic (exact) mass is 299 g/mol. The van der Waals surface area contributed by atoms with E-state index in [1.807, 2.05) is 42.6 Å². The van der Waals surface area contributed by atoms with Crippen molar-refractivity contribution in [3.63, 3.8) is 0 Å². The van der Waals surface area contributed by atoms with Crippen LogP contribution in [0.5, 0.6) is 0 Å². The van der Waals surface area contributed by atoms with Gasteiger partial charge < -0.3 is 0 Å². The lowest BCUT2D eigenvalue weighted by molar-refractivity contribution is -0.117. The van der Waals surface area contributed by atoms with Crippen LogP contribution in [0, 0.1) is 0 Å². The Kier molecular flexibility index (Phi) is 3.74. The number of nitrogens with zero attached hydrogens (tertiary/aromatic N) is 3. The van der Waals surface area contributed by atoms with Crippen LogP contribution in [0.15, 0.2) is 41.9 Å². The summed E-state index contributed by atoms with van der Waals surface area (Å²) < 4.78 is 0. The summed E-state index contributed by atoms with van der Waals surface area (Å²) >= 11 is 1.55. The van der Waals surface area contributed by atoms with Gasteiger partial charge in [-0.2, -0.15) is 4.98 Å². The Morgan fingerprint density at radius 3 is 2.95 bits per heavy atom. The van der Waals surface area contributed by atoms with Crippen LogP contribution in [0.2, 0.25) is 0 Å². The fraction of sp³-hybridized carbons (Fsp3) is 0.143. The Morgan fingerprint density at radius 1 is 1.33 bits per heavy atom. The van der Waals surface area contributed by atoms with Crippen LogP contribution in [0.3, 0.4) is 0 Å². The minimum absolute atomic E-state index is 0.135. The molecule has 7 heteroatoms. The second-order valence-electron chi connectivity index (χ2n) is 4.45. The lowest BCUT2D eigenvalue weighted by Gasteiger charge is -2.07. The molecule has 3 heterocycles. The van der Waals surface area contributed by atoms with E-state index in [-0.39, 0.29) is 17.8 Å². The molecule has 0 aliphatic heterocycles. The zero-order valence-corrected chi connectivity index (χ0v) is 12.1. The molecule has 2 N–H and O–H groups in total. The number of aromatic amines is 1. The third kappa shape index (κ3) is 2.97. The summed E-state index contributed by atoms with van der Waals surface area (Å²) in [7, 11) is 0. The van der Waals surface area contributed by atoms with Crippen LogP contribution >= 0.6 is 11.3 Å². The van der Waals surface area contributed by atoms with E-state index in [0.717, 1.165) is 4.88 Å². The summed E-state index contributed by atoms with van der Waals surface area (Å²) in [5, 5.41) is 11.4. The van der Waals surface area contributed by atoms with Crippen molar-refractivity contribution in [2.24, 2.45) is 0 Å². The van der Waals surface area contributed by atoms with Gasteiger partial charge in [-0.05, 0) is 30.5 Å². The summed E-state index contributed by atoms with van der Waals surface area (Å²) in [5.74, 6) is 0.407. The zero-order valence-electron chi connectivity index (χ0n) is 11.3. The fourth-order valence-corrected chi connectivity index (χ4v) is 2.60. The second-order valence-corrected chi connectivity index (χ2v) is 5.43. The molecule has 1 atom stereocenters. The molecule has 0 aromatic carbocycles. The molecule has 0 radical (unpaired) electrons. The molecular formula is C14H13N5OS. The number of thiophene rings is 1. The molecule has 6 nitrogen and oxygen atoms in total. The Balaban J connectivity index is 1.71. The maximum absolute atomic E-state index is 12.1. The molecule has 106 valence electrons. The Morgan fingerprint density at radius 2 is 2.24 bits per heavy atom. The molecule has 0 aliphatic rings. The summed E-state index contributed by atoms with van der Waals surface area (Å²) in [6.45, 7) is 1.85. The fourth-order valence-electron chi connectivity index (χ4n) is 1.82. The van der Waals surface area contributed by atoms with Gasteiger partial charge in [0.25, 0.3) is 0 Å². The molecule has 1 unspecified atom stereocenters. The van der Waals surface area contributed by atoms with Gasteiger partial charge in [-0.15, -0.1) is 16.4 Å². The van der Waals surface area contributed by atoms with E-state index >= 15 is 0 Å². The van der Waals surface area contributed by atoms with Crippen molar-refractivity contribution in [2.45, 2.75) is 12.8 Å². The van der Waals surface area contributed by atoms with E-state index in [9.17, 15) is 4.79 Å². The van der Waals surface area contributed by atoms with Crippen molar-refractivity contribution in [1.29, 1.82) is 0 Å². The van der Waals surface area contributed by atoms with Crippen LogP contribution < -0.4 is 5.32 Å². The van der Waals surface area contributed by atoms with Crippen molar-refractivity contribution in [2.75, 3.05) is 5.32 Å². The van der Waals surface area contributed by atoms with E-state index in [0.29, 0.717) is 11.5 Å². The van der Waals surface area contributed by atoms with Gasteiger partial charge in [0, 0.05) is 11.1 Å². The number of hydrogen-bond acceptors (Lipinski definition) is 5. The highest BCUT2D eigenvalue weighted by Gasteiger charge is 2.18. The van der Waals surface area contributed by atoms with Crippen molar-refractivity contribution in [3.8, 4) is 11.5 Å². The molecule has 3 rings (SSSR count). The number of aromatic nitrogens is 4. The predicted molar refractivity (Wildman–Crippen MR) is 81.0 cm³/mol. The van der Waals surface area contributed by atoms with Gasteiger partial charge in [-0.3, -0.25) is 20.2 Å². The lowest BCUT2D eigenvalue weighted by atomic mass is 10.1. The first kappa shape index (κ1) is 13.4. The van der Waals surface area contributed by atoms with Gasteiger partial charge >= 0.3 is 0 Å². The molecule has 1 amide bonds. The highest BCUT2D eigenvalue weighted by atomic mass is 32.1. The van der Waals surface area contributed by atoms with Gasteiger partial charge in [0.2, 0.25) is 11.9 Å². The SMILES string of the molecule is CC(C(=O)Nc1n[nH]c(-c2ccccn2)n1)c1cccs1. The Bertz CT molecular complexity index is 723. The number of rotatable bonds is 4. The standard InChI is InChI=1S/C14H13N5OS/c1-9(11-6-4-8-21-11)13(20)17-14-16-12(18-19-14)10-5-2-3-7-15-10/h2-9H,1H3,(H2,16,17,18,19,20). The Hall–Kier alpha value is -2.54. The normalized spacial score (nSPS) is 12.0. The molecule has 0 saturated heterocycles. The highest BCUT2D eigenvalue weighted by molar-refractivity contribution is 7.10. The van der Waals surface area contributed by atoms with Crippen molar-refractivity contribution in [1.82, 2.24) is 20.2 Å². The first-order valence-corrected chi connectivity index (χ1v) is 7.30. The Labute approximate surface area is 125 Å². The highest BCUT2D eigenvalue weighted by Crippen LogP contribution is 2.22. The van der Waals surface area contributed by atoms with Crippen LogP contribution in [0.1, 0.15) is 17.7 Å². The summed E-state index contributed by atoms with van der Waals surface area (Å²) in [5.41, 5.74) is 0.678. The van der Waals surface area contributed by atoms with Crippen LogP contribution in [-0.4, -0.2) is 26.1 Å². The summed E-state index contributed by atoms with van der Waals surface area (Å²) in [6, 6.07) is 9.37. The number of carbonyl (C=O) groups is 1.